The van der Waals surface area contributed by atoms with Crippen molar-refractivity contribution < 1.29 is 28.7 Å². The Morgan fingerprint density at radius 3 is 2.50 bits per heavy atom. The Hall–Kier alpha value is -6.31. The van der Waals surface area contributed by atoms with E-state index in [1.54, 1.807) is 27.0 Å². The largest absolute Gasteiger partial charge is 0.477 e. The number of benzene rings is 1. The third kappa shape index (κ3) is 10.2. The predicted octanol–water partition coefficient (Wildman–Crippen LogP) is 8.22. The second-order valence-corrected chi connectivity index (χ2v) is 27.2. The van der Waals surface area contributed by atoms with Crippen LogP contribution in [-0.2, 0) is 27.8 Å². The molecule has 3 aliphatic carbocycles. The number of carbonyl (C=O) groups excluding carboxylic acids is 2. The number of rotatable bonds is 15. The van der Waals surface area contributed by atoms with Gasteiger partial charge in [0.15, 0.2) is 17.3 Å². The third-order valence-electron chi connectivity index (χ3n) is 18.1. The summed E-state index contributed by atoms with van der Waals surface area (Å²) in [6.07, 6.45) is 10.3. The standard InChI is InChI=1S/C59H73N13O6S2/c1-33(35-12-14-37(15-13-35)49-34(2)62-32-79-49)64-54(74)42-24-38(73)28-71(42)55(75)50(56(3,4)5)72-29-41(67-69-72)36-16-22-70(23-17-36)30-58(20-21-58)31-76-45-25-46(77-44-27-63-57(44,6)7)66-53(65-45)48-39-10-8-18-59(51(39)78-68-48)19-9-11-43-47(59)40(26-60)52(61)80-43/h12-15,25,29,32-33,36,38,42,44,50,63,73H,8-11,16-24,27-28,30-31,61H2,1-7H3,(H,64,74)/t33-,38+,42-,44+,50+,59-/m0/s1. The first-order valence-electron chi connectivity index (χ1n) is 28.5. The van der Waals surface area contributed by atoms with Gasteiger partial charge in [0.1, 0.15) is 29.3 Å². The summed E-state index contributed by atoms with van der Waals surface area (Å²) in [6.45, 7) is 18.1. The van der Waals surface area contributed by atoms with E-state index in [0.29, 0.717) is 47.0 Å². The number of likely N-dealkylation sites (tertiary alicyclic amines) is 2. The van der Waals surface area contributed by atoms with Crippen LogP contribution in [-0.4, -0.2) is 125 Å². The number of fused-ring (bicyclic) bond motifs is 4. The summed E-state index contributed by atoms with van der Waals surface area (Å²) in [4.78, 5) is 49.4. The number of nitrogen functional groups attached to an aromatic ring is 1. The van der Waals surface area contributed by atoms with Crippen molar-refractivity contribution in [2.75, 3.05) is 45.1 Å². The molecule has 6 atom stereocenters. The number of aliphatic hydroxyl groups is 1. The molecule has 80 heavy (non-hydrogen) atoms. The second kappa shape index (κ2) is 20.9. The smallest absolute Gasteiger partial charge is 0.248 e. The minimum Gasteiger partial charge on any atom is -0.477 e. The summed E-state index contributed by atoms with van der Waals surface area (Å²) in [6, 6.07) is 10.4. The Morgan fingerprint density at radius 2 is 1.82 bits per heavy atom. The number of nitrogens with one attached hydrogen (secondary N) is 2. The number of ether oxygens (including phenoxy) is 2. The fourth-order valence-corrected chi connectivity index (χ4v) is 15.2. The van der Waals surface area contributed by atoms with Gasteiger partial charge in [-0.3, -0.25) is 9.59 Å². The van der Waals surface area contributed by atoms with Gasteiger partial charge in [-0.15, -0.1) is 27.8 Å². The van der Waals surface area contributed by atoms with Crippen LogP contribution in [0.15, 0.2) is 46.6 Å². The van der Waals surface area contributed by atoms with Crippen molar-refractivity contribution in [2.45, 2.75) is 166 Å². The van der Waals surface area contributed by atoms with Crippen molar-refractivity contribution in [2.24, 2.45) is 10.8 Å². The van der Waals surface area contributed by atoms with Crippen LogP contribution in [0, 0.1) is 29.1 Å². The normalized spacial score (nSPS) is 24.1. The van der Waals surface area contributed by atoms with E-state index < -0.39 is 29.0 Å². The van der Waals surface area contributed by atoms with Crippen LogP contribution in [0.2, 0.25) is 0 Å². The maximum absolute atomic E-state index is 14.7. The quantitative estimate of drug-likeness (QED) is 0.0756. The molecule has 0 bridgehead atoms. The van der Waals surface area contributed by atoms with Crippen molar-refractivity contribution >= 4 is 39.5 Å². The molecule has 1 aromatic carbocycles. The predicted molar refractivity (Wildman–Crippen MR) is 303 cm³/mol. The molecule has 19 nitrogen and oxygen atoms in total. The van der Waals surface area contributed by atoms with Gasteiger partial charge in [-0.1, -0.05) is 55.4 Å². The van der Waals surface area contributed by atoms with E-state index in [-0.39, 0.29) is 53.8 Å². The molecular formula is C59H73N13O6S2. The number of hydrogen-bond acceptors (Lipinski definition) is 18. The number of nitrogens with two attached hydrogens (primary N) is 1. The summed E-state index contributed by atoms with van der Waals surface area (Å²) in [5.74, 6) is 1.67. The number of thiazole rings is 1. The number of piperidine rings is 1. The highest BCUT2D eigenvalue weighted by molar-refractivity contribution is 7.16. The van der Waals surface area contributed by atoms with Crippen LogP contribution in [0.25, 0.3) is 22.0 Å². The highest BCUT2D eigenvalue weighted by Gasteiger charge is 2.51. The minimum atomic E-state index is -0.833. The van der Waals surface area contributed by atoms with E-state index >= 15 is 0 Å². The number of nitrogens with zero attached hydrogens (tertiary/aromatic N) is 10. The molecule has 1 spiro atoms. The average molecular weight is 1120 g/mol. The van der Waals surface area contributed by atoms with E-state index in [4.69, 9.17) is 34.9 Å². The summed E-state index contributed by atoms with van der Waals surface area (Å²) in [5.41, 5.74) is 14.0. The van der Waals surface area contributed by atoms with Crippen molar-refractivity contribution in [3.63, 3.8) is 0 Å². The van der Waals surface area contributed by atoms with Crippen molar-refractivity contribution in [3.8, 4) is 39.8 Å². The van der Waals surface area contributed by atoms with Crippen LogP contribution in [0.1, 0.15) is 162 Å². The van der Waals surface area contributed by atoms with Gasteiger partial charge in [-0.2, -0.15) is 15.2 Å². The van der Waals surface area contributed by atoms with Crippen LogP contribution in [0.5, 0.6) is 11.8 Å². The van der Waals surface area contributed by atoms with Gasteiger partial charge < -0.3 is 45.3 Å². The van der Waals surface area contributed by atoms with E-state index in [1.807, 2.05) is 70.6 Å². The first kappa shape index (κ1) is 54.3. The maximum Gasteiger partial charge on any atom is 0.248 e. The zero-order valence-electron chi connectivity index (χ0n) is 46.9. The van der Waals surface area contributed by atoms with Crippen LogP contribution in [0.4, 0.5) is 5.00 Å². The maximum atomic E-state index is 14.7. The number of hydrogen-bond donors (Lipinski definition) is 4. The number of aromatic nitrogens is 7. The first-order chi connectivity index (χ1) is 38.3. The van der Waals surface area contributed by atoms with Gasteiger partial charge in [-0.05, 0) is 127 Å². The van der Waals surface area contributed by atoms with Crippen LogP contribution >= 0.6 is 22.7 Å². The van der Waals surface area contributed by atoms with E-state index in [2.05, 4.69) is 50.7 Å². The molecule has 6 aromatic rings. The number of thiophene rings is 1. The molecule has 6 aliphatic rings. The number of aliphatic hydroxyl groups excluding tert-OH is 1. The molecular weight excluding hydrogens is 1050 g/mol. The van der Waals surface area contributed by atoms with Gasteiger partial charge in [0.25, 0.3) is 0 Å². The van der Waals surface area contributed by atoms with E-state index in [1.165, 1.54) is 16.2 Å². The number of nitriles is 1. The topological polar surface area (TPSA) is 249 Å². The number of β-amino-alcohol motifs (C(OH)–C–C–N with tert-alkyl or cyclic N) is 1. The molecule has 0 unspecified atom stereocenters. The van der Waals surface area contributed by atoms with Crippen LogP contribution in [0.3, 0.4) is 0 Å². The summed E-state index contributed by atoms with van der Waals surface area (Å²) < 4.78 is 21.3. The molecule has 4 fully saturated rings. The molecule has 1 saturated carbocycles. The zero-order chi connectivity index (χ0) is 55.9. The summed E-state index contributed by atoms with van der Waals surface area (Å²) in [5, 5.41) is 42.3. The van der Waals surface area contributed by atoms with E-state index in [9.17, 15) is 20.0 Å². The Balaban J connectivity index is 0.694. The Kier molecular flexibility index (Phi) is 14.2. The molecule has 3 saturated heterocycles. The minimum absolute atomic E-state index is 0.0235. The highest BCUT2D eigenvalue weighted by atomic mass is 32.1. The van der Waals surface area contributed by atoms with E-state index in [0.717, 1.165) is 128 Å². The molecule has 2 amide bonds. The molecule has 5 aromatic heterocycles. The number of carbonyl (C=O) groups is 2. The van der Waals surface area contributed by atoms with Crippen molar-refractivity contribution in [1.29, 1.82) is 5.26 Å². The third-order valence-corrected chi connectivity index (χ3v) is 20.2. The van der Waals surface area contributed by atoms with Crippen molar-refractivity contribution in [3.05, 3.63) is 86.3 Å². The molecule has 5 N–H and O–H groups in total. The second-order valence-electron chi connectivity index (χ2n) is 25.2. The number of anilines is 1. The highest BCUT2D eigenvalue weighted by Crippen LogP contribution is 2.55. The zero-order valence-corrected chi connectivity index (χ0v) is 48.5. The van der Waals surface area contributed by atoms with Crippen molar-refractivity contribution in [1.82, 2.24) is 55.5 Å². The molecule has 0 radical (unpaired) electrons. The van der Waals surface area contributed by atoms with Gasteiger partial charge in [0.05, 0.1) is 63.1 Å². The van der Waals surface area contributed by atoms with Crippen LogP contribution < -0.4 is 25.8 Å². The van der Waals surface area contributed by atoms with Gasteiger partial charge in [0, 0.05) is 54.0 Å². The monoisotopic (exact) mass is 1120 g/mol. The number of aryl methyl sites for hydroxylation is 2. The first-order valence-corrected chi connectivity index (χ1v) is 30.2. The Labute approximate surface area is 475 Å². The molecule has 8 heterocycles. The molecule has 12 rings (SSSR count). The lowest BCUT2D eigenvalue weighted by Gasteiger charge is -2.44. The fraction of sp³-hybridized carbons (Fsp3) is 0.576. The lowest BCUT2D eigenvalue weighted by Crippen LogP contribution is -2.67. The van der Waals surface area contributed by atoms with Gasteiger partial charge >= 0.3 is 0 Å². The Morgan fingerprint density at radius 1 is 1.07 bits per heavy atom. The molecule has 3 aliphatic heterocycles. The molecule has 422 valence electrons. The van der Waals surface area contributed by atoms with Gasteiger partial charge in [0.2, 0.25) is 23.6 Å². The SMILES string of the molecule is Cc1ncsc1-c1ccc([C@H](C)NC(=O)[C@@H]2C[C@@H](O)CN2C(=O)[C@@H](n2cc(C3CCN(CC4(COc5cc(O[C@@H]6CNC6(C)C)nc(-c6noc7c6CCC[C@@]76CCCc7sc(N)c(C#N)c76)n5)CC4)CC3)nn2)C(C)(C)C)cc1. The lowest BCUT2D eigenvalue weighted by atomic mass is 9.63. The lowest BCUT2D eigenvalue weighted by molar-refractivity contribution is -0.144. The summed E-state index contributed by atoms with van der Waals surface area (Å²) >= 11 is 3.13. The van der Waals surface area contributed by atoms with Gasteiger partial charge in [-0.25, -0.2) is 9.67 Å². The Bertz CT molecular complexity index is 3340. The fourth-order valence-electron chi connectivity index (χ4n) is 13.2. The number of amides is 2. The summed E-state index contributed by atoms with van der Waals surface area (Å²) in [7, 11) is 0. The molecule has 21 heteroatoms. The average Bonchev–Trinajstić information content (AvgIpc) is 4.18.